The summed E-state index contributed by atoms with van der Waals surface area (Å²) in [6, 6.07) is 13.7. The smallest absolute Gasteiger partial charge is 0.406 e. The van der Waals surface area contributed by atoms with Crippen LogP contribution in [0.5, 0.6) is 0 Å². The standard InChI is InChI=1S/C24H31F3N2O4/c1-3-33-23(31)19(14-17-10-6-4-7-11-17)28-15-21(30)22(24(25,26)27)29-20(16-32-2)18-12-8-5-9-13-18/h4-13,19-22,28-30H,3,14-16H2,1-2H3/t19-,20-,21-,22+/m0/s1. The van der Waals surface area contributed by atoms with Gasteiger partial charge in [-0.15, -0.1) is 0 Å². The third-order valence-electron chi connectivity index (χ3n) is 5.08. The van der Waals surface area contributed by atoms with E-state index in [4.69, 9.17) is 9.47 Å². The molecule has 0 aliphatic carbocycles. The molecular formula is C24H31F3N2O4. The van der Waals surface area contributed by atoms with Crippen molar-refractivity contribution in [1.29, 1.82) is 0 Å². The number of hydrogen-bond donors (Lipinski definition) is 3. The lowest BCUT2D eigenvalue weighted by Crippen LogP contribution is -2.56. The molecule has 3 N–H and O–H groups in total. The fourth-order valence-corrected chi connectivity index (χ4v) is 3.45. The molecule has 0 saturated carbocycles. The molecule has 0 aromatic heterocycles. The van der Waals surface area contributed by atoms with Gasteiger partial charge < -0.3 is 19.9 Å². The first kappa shape index (κ1) is 26.8. The van der Waals surface area contributed by atoms with Gasteiger partial charge in [0, 0.05) is 13.7 Å². The molecule has 0 aliphatic rings. The monoisotopic (exact) mass is 468 g/mol. The molecule has 0 aliphatic heterocycles. The number of benzene rings is 2. The number of carbonyl (C=O) groups is 1. The average molecular weight is 469 g/mol. The van der Waals surface area contributed by atoms with Crippen molar-refractivity contribution in [3.63, 3.8) is 0 Å². The number of hydrogen-bond acceptors (Lipinski definition) is 6. The van der Waals surface area contributed by atoms with Gasteiger partial charge in [0.25, 0.3) is 0 Å². The molecule has 0 heterocycles. The lowest BCUT2D eigenvalue weighted by Gasteiger charge is -2.31. The van der Waals surface area contributed by atoms with Crippen LogP contribution in [0.2, 0.25) is 0 Å². The van der Waals surface area contributed by atoms with Crippen LogP contribution < -0.4 is 10.6 Å². The Morgan fingerprint density at radius 1 is 1.06 bits per heavy atom. The van der Waals surface area contributed by atoms with Crippen LogP contribution in [0.3, 0.4) is 0 Å². The molecule has 0 radical (unpaired) electrons. The molecule has 4 atom stereocenters. The zero-order valence-corrected chi connectivity index (χ0v) is 18.7. The fraction of sp³-hybridized carbons (Fsp3) is 0.458. The summed E-state index contributed by atoms with van der Waals surface area (Å²) in [6.07, 6.45) is -6.38. The van der Waals surface area contributed by atoms with Crippen molar-refractivity contribution in [2.75, 3.05) is 26.9 Å². The van der Waals surface area contributed by atoms with Crippen molar-refractivity contribution in [1.82, 2.24) is 10.6 Å². The highest BCUT2D eigenvalue weighted by Crippen LogP contribution is 2.26. The Morgan fingerprint density at radius 2 is 1.67 bits per heavy atom. The molecule has 33 heavy (non-hydrogen) atoms. The molecule has 6 nitrogen and oxygen atoms in total. The zero-order chi connectivity index (χ0) is 24.3. The second-order valence-electron chi connectivity index (χ2n) is 7.57. The summed E-state index contributed by atoms with van der Waals surface area (Å²) in [5, 5.41) is 15.7. The van der Waals surface area contributed by atoms with E-state index in [0.29, 0.717) is 5.56 Å². The predicted molar refractivity (Wildman–Crippen MR) is 119 cm³/mol. The number of carbonyl (C=O) groups excluding carboxylic acids is 1. The molecule has 9 heteroatoms. The van der Waals surface area contributed by atoms with E-state index in [1.807, 2.05) is 6.07 Å². The molecule has 0 spiro atoms. The van der Waals surface area contributed by atoms with Crippen LogP contribution in [0.1, 0.15) is 24.1 Å². The number of alkyl halides is 3. The van der Waals surface area contributed by atoms with Crippen LogP contribution in [0.15, 0.2) is 60.7 Å². The van der Waals surface area contributed by atoms with Crippen molar-refractivity contribution < 1.29 is 32.5 Å². The third-order valence-corrected chi connectivity index (χ3v) is 5.08. The van der Waals surface area contributed by atoms with Crippen LogP contribution in [0.25, 0.3) is 0 Å². The number of rotatable bonds is 13. The molecule has 2 aromatic rings. The second-order valence-corrected chi connectivity index (χ2v) is 7.57. The summed E-state index contributed by atoms with van der Waals surface area (Å²) in [4.78, 5) is 12.4. The van der Waals surface area contributed by atoms with E-state index >= 15 is 0 Å². The van der Waals surface area contributed by atoms with Gasteiger partial charge in [0.1, 0.15) is 12.1 Å². The van der Waals surface area contributed by atoms with E-state index in [9.17, 15) is 23.1 Å². The first-order valence-corrected chi connectivity index (χ1v) is 10.7. The maximum atomic E-state index is 13.9. The minimum Gasteiger partial charge on any atom is -0.465 e. The van der Waals surface area contributed by atoms with Gasteiger partial charge in [0.2, 0.25) is 0 Å². The molecule has 0 saturated heterocycles. The van der Waals surface area contributed by atoms with Crippen LogP contribution in [-0.4, -0.2) is 62.3 Å². The molecular weight excluding hydrogens is 437 g/mol. The van der Waals surface area contributed by atoms with E-state index in [0.717, 1.165) is 5.56 Å². The molecule has 0 bridgehead atoms. The zero-order valence-electron chi connectivity index (χ0n) is 18.7. The van der Waals surface area contributed by atoms with Gasteiger partial charge in [-0.2, -0.15) is 13.2 Å². The van der Waals surface area contributed by atoms with E-state index in [1.54, 1.807) is 61.5 Å². The summed E-state index contributed by atoms with van der Waals surface area (Å²) in [5.41, 5.74) is 1.41. The number of aliphatic hydroxyl groups is 1. The Kier molecular flexibility index (Phi) is 10.8. The van der Waals surface area contributed by atoms with Crippen molar-refractivity contribution >= 4 is 5.97 Å². The number of aliphatic hydroxyl groups excluding tert-OH is 1. The predicted octanol–water partition coefficient (Wildman–Crippen LogP) is 3.02. The Hall–Kier alpha value is -2.46. The highest BCUT2D eigenvalue weighted by Gasteiger charge is 2.45. The topological polar surface area (TPSA) is 79.8 Å². The van der Waals surface area contributed by atoms with Gasteiger partial charge in [-0.05, 0) is 24.5 Å². The minimum absolute atomic E-state index is 0.0177. The van der Waals surface area contributed by atoms with E-state index in [1.165, 1.54) is 7.11 Å². The quantitative estimate of drug-likeness (QED) is 0.392. The van der Waals surface area contributed by atoms with E-state index in [-0.39, 0.29) is 19.6 Å². The van der Waals surface area contributed by atoms with Gasteiger partial charge in [-0.3, -0.25) is 10.1 Å². The average Bonchev–Trinajstić information content (AvgIpc) is 2.79. The van der Waals surface area contributed by atoms with Gasteiger partial charge in [-0.1, -0.05) is 60.7 Å². The van der Waals surface area contributed by atoms with Crippen molar-refractivity contribution in [3.8, 4) is 0 Å². The molecule has 0 fully saturated rings. The molecule has 182 valence electrons. The summed E-state index contributed by atoms with van der Waals surface area (Å²) in [7, 11) is 1.39. The highest BCUT2D eigenvalue weighted by molar-refractivity contribution is 5.76. The van der Waals surface area contributed by atoms with Gasteiger partial charge in [-0.25, -0.2) is 0 Å². The summed E-state index contributed by atoms with van der Waals surface area (Å²) >= 11 is 0. The van der Waals surface area contributed by atoms with Crippen LogP contribution in [0, 0.1) is 0 Å². The highest BCUT2D eigenvalue weighted by atomic mass is 19.4. The van der Waals surface area contributed by atoms with Crippen LogP contribution >= 0.6 is 0 Å². The van der Waals surface area contributed by atoms with E-state index in [2.05, 4.69) is 10.6 Å². The van der Waals surface area contributed by atoms with Crippen LogP contribution in [0.4, 0.5) is 13.2 Å². The molecule has 2 rings (SSSR count). The molecule has 0 amide bonds. The van der Waals surface area contributed by atoms with Crippen molar-refractivity contribution in [2.24, 2.45) is 0 Å². The minimum atomic E-state index is -4.74. The van der Waals surface area contributed by atoms with E-state index < -0.39 is 42.9 Å². The van der Waals surface area contributed by atoms with Crippen molar-refractivity contribution in [3.05, 3.63) is 71.8 Å². The number of ether oxygens (including phenoxy) is 2. The van der Waals surface area contributed by atoms with Gasteiger partial charge in [0.15, 0.2) is 0 Å². The first-order valence-electron chi connectivity index (χ1n) is 10.7. The van der Waals surface area contributed by atoms with Gasteiger partial charge >= 0.3 is 12.1 Å². The largest absolute Gasteiger partial charge is 0.465 e. The maximum Gasteiger partial charge on any atom is 0.406 e. The van der Waals surface area contributed by atoms with Crippen molar-refractivity contribution in [2.45, 2.75) is 43.8 Å². The lowest BCUT2D eigenvalue weighted by atomic mass is 10.0. The Morgan fingerprint density at radius 3 is 2.21 bits per heavy atom. The summed E-state index contributed by atoms with van der Waals surface area (Å²) in [5.74, 6) is -0.591. The third kappa shape index (κ3) is 8.77. The normalized spacial score (nSPS) is 15.5. The lowest BCUT2D eigenvalue weighted by molar-refractivity contribution is -0.180. The van der Waals surface area contributed by atoms with Gasteiger partial charge in [0.05, 0.1) is 25.4 Å². The first-order chi connectivity index (χ1) is 15.8. The second kappa shape index (κ2) is 13.3. The number of halogens is 3. The number of esters is 1. The summed E-state index contributed by atoms with van der Waals surface area (Å²) in [6.45, 7) is 1.30. The number of methoxy groups -OCH3 is 1. The number of nitrogens with one attached hydrogen (secondary N) is 2. The fourth-order valence-electron chi connectivity index (χ4n) is 3.45. The van der Waals surface area contributed by atoms with Crippen LogP contribution in [-0.2, 0) is 20.7 Å². The Balaban J connectivity index is 2.13. The molecule has 2 aromatic carbocycles. The SMILES string of the molecule is CCOC(=O)[C@H](Cc1ccccc1)NC[C@H](O)[C@@H](N[C@@H](COC)c1ccccc1)C(F)(F)F. The summed E-state index contributed by atoms with van der Waals surface area (Å²) < 4.78 is 51.7. The maximum absolute atomic E-state index is 13.9. The Bertz CT molecular complexity index is 821. The molecule has 0 unspecified atom stereocenters. The Labute approximate surface area is 192 Å².